The predicted octanol–water partition coefficient (Wildman–Crippen LogP) is 1.83. The summed E-state index contributed by atoms with van der Waals surface area (Å²) >= 11 is 0. The Morgan fingerprint density at radius 2 is 1.89 bits per heavy atom. The van der Waals surface area contributed by atoms with Crippen molar-refractivity contribution >= 4 is 11.6 Å². The minimum absolute atomic E-state index is 0.111. The minimum atomic E-state index is -0.124. The third-order valence-corrected chi connectivity index (χ3v) is 2.81. The fourth-order valence-electron chi connectivity index (χ4n) is 1.78. The van der Waals surface area contributed by atoms with E-state index in [4.69, 9.17) is 5.73 Å². The maximum Gasteiger partial charge on any atom is 0.224 e. The number of benzene rings is 2. The topological polar surface area (TPSA) is 75.3 Å². The van der Waals surface area contributed by atoms with Crippen molar-refractivity contribution in [2.75, 3.05) is 5.73 Å². The Hall–Kier alpha value is -2.49. The Labute approximate surface area is 111 Å². The third kappa shape index (κ3) is 3.74. The Kier molecular flexibility index (Phi) is 4.03. The normalized spacial score (nSPS) is 10.1. The van der Waals surface area contributed by atoms with Crippen LogP contribution in [-0.4, -0.2) is 11.0 Å². The fourth-order valence-corrected chi connectivity index (χ4v) is 1.78. The molecule has 0 spiro atoms. The van der Waals surface area contributed by atoms with Gasteiger partial charge in [0.1, 0.15) is 5.75 Å². The molecule has 0 aliphatic rings. The highest BCUT2D eigenvalue weighted by Gasteiger charge is 2.07. The molecule has 0 aliphatic carbocycles. The van der Waals surface area contributed by atoms with Crippen molar-refractivity contribution in [1.29, 1.82) is 0 Å². The summed E-state index contributed by atoms with van der Waals surface area (Å²) in [7, 11) is 0. The van der Waals surface area contributed by atoms with Crippen LogP contribution in [0.2, 0.25) is 0 Å². The summed E-state index contributed by atoms with van der Waals surface area (Å²) in [5.41, 5.74) is 7.93. The number of phenolic OH excluding ortho intramolecular Hbond substituents is 1. The molecule has 0 heterocycles. The maximum absolute atomic E-state index is 11.8. The highest BCUT2D eigenvalue weighted by molar-refractivity contribution is 5.80. The van der Waals surface area contributed by atoms with Crippen molar-refractivity contribution in [2.24, 2.45) is 0 Å². The lowest BCUT2D eigenvalue weighted by molar-refractivity contribution is -0.120. The van der Waals surface area contributed by atoms with Gasteiger partial charge >= 0.3 is 0 Å². The number of aromatic hydroxyl groups is 1. The molecule has 0 unspecified atom stereocenters. The number of phenols is 1. The van der Waals surface area contributed by atoms with Crippen molar-refractivity contribution in [3.8, 4) is 5.75 Å². The summed E-state index contributed by atoms with van der Waals surface area (Å²) in [6, 6.07) is 14.3. The highest BCUT2D eigenvalue weighted by Crippen LogP contribution is 2.18. The zero-order valence-electron chi connectivity index (χ0n) is 10.5. The first kappa shape index (κ1) is 13.0. The van der Waals surface area contributed by atoms with Crippen molar-refractivity contribution in [1.82, 2.24) is 5.32 Å². The van der Waals surface area contributed by atoms with E-state index in [1.54, 1.807) is 6.07 Å². The van der Waals surface area contributed by atoms with Gasteiger partial charge < -0.3 is 16.2 Å². The molecule has 4 nitrogen and oxygen atoms in total. The highest BCUT2D eigenvalue weighted by atomic mass is 16.3. The molecule has 2 aromatic carbocycles. The molecule has 0 saturated carbocycles. The number of nitrogens with two attached hydrogens (primary N) is 1. The van der Waals surface area contributed by atoms with Gasteiger partial charge in [-0.1, -0.05) is 30.3 Å². The van der Waals surface area contributed by atoms with E-state index in [1.807, 2.05) is 30.3 Å². The second-order valence-electron chi connectivity index (χ2n) is 4.32. The number of nitrogens with one attached hydrogen (secondary N) is 1. The van der Waals surface area contributed by atoms with Gasteiger partial charge in [0.2, 0.25) is 5.91 Å². The second kappa shape index (κ2) is 5.91. The zero-order valence-corrected chi connectivity index (χ0v) is 10.5. The minimum Gasteiger partial charge on any atom is -0.508 e. The molecule has 0 saturated heterocycles. The van der Waals surface area contributed by atoms with Crippen LogP contribution in [0.1, 0.15) is 11.1 Å². The van der Waals surface area contributed by atoms with Crippen LogP contribution in [0, 0.1) is 0 Å². The third-order valence-electron chi connectivity index (χ3n) is 2.81. The molecule has 2 aromatic rings. The largest absolute Gasteiger partial charge is 0.508 e. The van der Waals surface area contributed by atoms with Gasteiger partial charge in [0.05, 0.1) is 6.42 Å². The number of amides is 1. The van der Waals surface area contributed by atoms with Gasteiger partial charge in [-0.25, -0.2) is 0 Å². The number of carbonyl (C=O) groups excluding carboxylic acids is 1. The van der Waals surface area contributed by atoms with Gasteiger partial charge in [-0.3, -0.25) is 4.79 Å². The summed E-state index contributed by atoms with van der Waals surface area (Å²) < 4.78 is 0. The summed E-state index contributed by atoms with van der Waals surface area (Å²) in [6.45, 7) is 0.485. The SMILES string of the molecule is Nc1ccc(O)cc1CC(=O)NCc1ccccc1. The Morgan fingerprint density at radius 3 is 2.63 bits per heavy atom. The smallest absolute Gasteiger partial charge is 0.224 e. The van der Waals surface area contributed by atoms with Crippen LogP contribution in [0.5, 0.6) is 5.75 Å². The first-order chi connectivity index (χ1) is 9.15. The predicted molar refractivity (Wildman–Crippen MR) is 74.5 cm³/mol. The fraction of sp³-hybridized carbons (Fsp3) is 0.133. The lowest BCUT2D eigenvalue weighted by Crippen LogP contribution is -2.24. The maximum atomic E-state index is 11.8. The van der Waals surface area contributed by atoms with E-state index in [0.29, 0.717) is 17.8 Å². The standard InChI is InChI=1S/C15H16N2O2/c16-14-7-6-13(18)8-12(14)9-15(19)17-10-11-4-2-1-3-5-11/h1-8,18H,9-10,16H2,(H,17,19). The van der Waals surface area contributed by atoms with E-state index >= 15 is 0 Å². The van der Waals surface area contributed by atoms with E-state index in [2.05, 4.69) is 5.32 Å². The molecule has 0 aliphatic heterocycles. The molecule has 98 valence electrons. The summed E-state index contributed by atoms with van der Waals surface area (Å²) in [6.07, 6.45) is 0.160. The van der Waals surface area contributed by atoms with E-state index in [-0.39, 0.29) is 18.1 Å². The van der Waals surface area contributed by atoms with Crippen molar-refractivity contribution in [3.05, 3.63) is 59.7 Å². The van der Waals surface area contributed by atoms with Gasteiger partial charge in [0.15, 0.2) is 0 Å². The van der Waals surface area contributed by atoms with E-state index in [9.17, 15) is 9.90 Å². The van der Waals surface area contributed by atoms with Crippen LogP contribution in [0.3, 0.4) is 0 Å². The lowest BCUT2D eigenvalue weighted by atomic mass is 10.1. The average molecular weight is 256 g/mol. The van der Waals surface area contributed by atoms with Crippen LogP contribution >= 0.6 is 0 Å². The monoisotopic (exact) mass is 256 g/mol. The Balaban J connectivity index is 1.93. The Morgan fingerprint density at radius 1 is 1.16 bits per heavy atom. The van der Waals surface area contributed by atoms with Crippen LogP contribution in [0.15, 0.2) is 48.5 Å². The van der Waals surface area contributed by atoms with Gasteiger partial charge in [0, 0.05) is 12.2 Å². The summed E-state index contributed by atoms with van der Waals surface area (Å²) in [4.78, 5) is 11.8. The van der Waals surface area contributed by atoms with E-state index < -0.39 is 0 Å². The second-order valence-corrected chi connectivity index (χ2v) is 4.32. The van der Waals surface area contributed by atoms with Gasteiger partial charge in [-0.15, -0.1) is 0 Å². The number of hydrogen-bond acceptors (Lipinski definition) is 3. The van der Waals surface area contributed by atoms with Crippen molar-refractivity contribution in [2.45, 2.75) is 13.0 Å². The lowest BCUT2D eigenvalue weighted by Gasteiger charge is -2.08. The quantitative estimate of drug-likeness (QED) is 0.577. The molecule has 0 bridgehead atoms. The van der Waals surface area contributed by atoms with Crippen LogP contribution < -0.4 is 11.1 Å². The number of anilines is 1. The number of nitrogen functional groups attached to an aromatic ring is 1. The molecule has 4 N–H and O–H groups in total. The molecular formula is C15H16N2O2. The van der Waals surface area contributed by atoms with Crippen molar-refractivity contribution < 1.29 is 9.90 Å². The number of hydrogen-bond donors (Lipinski definition) is 3. The average Bonchev–Trinajstić information content (AvgIpc) is 2.42. The molecule has 0 fully saturated rings. The number of rotatable bonds is 4. The van der Waals surface area contributed by atoms with Crippen molar-refractivity contribution in [3.63, 3.8) is 0 Å². The van der Waals surface area contributed by atoms with Gasteiger partial charge in [-0.2, -0.15) is 0 Å². The van der Waals surface area contributed by atoms with Crippen LogP contribution in [0.25, 0.3) is 0 Å². The molecule has 4 heteroatoms. The number of carbonyl (C=O) groups is 1. The van der Waals surface area contributed by atoms with Gasteiger partial charge in [0.25, 0.3) is 0 Å². The summed E-state index contributed by atoms with van der Waals surface area (Å²) in [5, 5.41) is 12.2. The molecule has 1 amide bonds. The summed E-state index contributed by atoms with van der Waals surface area (Å²) in [5.74, 6) is -0.0128. The zero-order chi connectivity index (χ0) is 13.7. The molecule has 0 atom stereocenters. The molecule has 0 radical (unpaired) electrons. The molecule has 2 rings (SSSR count). The Bertz CT molecular complexity index is 568. The van der Waals surface area contributed by atoms with Crippen LogP contribution in [0.4, 0.5) is 5.69 Å². The van der Waals surface area contributed by atoms with E-state index in [0.717, 1.165) is 5.56 Å². The first-order valence-corrected chi connectivity index (χ1v) is 6.03. The molecule has 19 heavy (non-hydrogen) atoms. The van der Waals surface area contributed by atoms with E-state index in [1.165, 1.54) is 12.1 Å². The van der Waals surface area contributed by atoms with Gasteiger partial charge in [-0.05, 0) is 29.3 Å². The molecular weight excluding hydrogens is 240 g/mol. The first-order valence-electron chi connectivity index (χ1n) is 6.03. The van der Waals surface area contributed by atoms with Crippen LogP contribution in [-0.2, 0) is 17.8 Å². The molecule has 0 aromatic heterocycles.